The van der Waals surface area contributed by atoms with E-state index in [0.717, 1.165) is 12.0 Å². The summed E-state index contributed by atoms with van der Waals surface area (Å²) >= 11 is 0. The normalized spacial score (nSPS) is 8.38. The molecule has 0 amide bonds. The fourth-order valence-corrected chi connectivity index (χ4v) is 0.900. The molecule has 0 radical (unpaired) electrons. The van der Waals surface area contributed by atoms with Crippen LogP contribution in [-0.4, -0.2) is 10.9 Å². The summed E-state index contributed by atoms with van der Waals surface area (Å²) in [5.74, 6) is 0.453. The third-order valence-corrected chi connectivity index (χ3v) is 1.48. The molecule has 0 atom stereocenters. The molecule has 16 heavy (non-hydrogen) atoms. The predicted octanol–water partition coefficient (Wildman–Crippen LogP) is 4.41. The van der Waals surface area contributed by atoms with Gasteiger partial charge in [-0.25, -0.2) is 0 Å². The van der Waals surface area contributed by atoms with Crippen molar-refractivity contribution in [3.8, 4) is 0 Å². The molecule has 0 saturated carbocycles. The van der Waals surface area contributed by atoms with Crippen LogP contribution in [0.4, 0.5) is 0 Å². The van der Waals surface area contributed by atoms with Gasteiger partial charge in [-0.1, -0.05) is 46.2 Å². The molecule has 94 valence electrons. The van der Waals surface area contributed by atoms with Crippen LogP contribution in [0.5, 0.6) is 0 Å². The molecule has 0 fully saturated rings. The maximum Gasteiger partial charge on any atom is 0.205 e. The van der Waals surface area contributed by atoms with E-state index in [-0.39, 0.29) is 5.78 Å². The number of carbonyl (C=O) groups is 1. The molecule has 0 saturated heterocycles. The largest absolute Gasteiger partial charge is 0.353 e. The summed E-state index contributed by atoms with van der Waals surface area (Å²) in [6, 6.07) is 0. The second-order valence-electron chi connectivity index (χ2n) is 3.22. The Morgan fingerprint density at radius 2 is 1.81 bits per heavy atom. The standard InChI is InChI=1S/C8H11NO2.C3H8.C2H6/c1-3-4-7(10)8-6(2)5-9-11-8;1-3-2;1-2/h5H,3-4H2,1-2H3;3H2,1-2H3;1-2H3. The minimum Gasteiger partial charge on any atom is -0.353 e. The van der Waals surface area contributed by atoms with E-state index in [9.17, 15) is 4.79 Å². The third-order valence-electron chi connectivity index (χ3n) is 1.48. The van der Waals surface area contributed by atoms with Gasteiger partial charge in [-0.2, -0.15) is 0 Å². The zero-order valence-electron chi connectivity index (χ0n) is 11.5. The first-order valence-corrected chi connectivity index (χ1v) is 6.11. The summed E-state index contributed by atoms with van der Waals surface area (Å²) in [7, 11) is 0. The minimum atomic E-state index is 0.0440. The van der Waals surface area contributed by atoms with Crippen LogP contribution >= 0.6 is 0 Å². The van der Waals surface area contributed by atoms with E-state index in [4.69, 9.17) is 4.52 Å². The van der Waals surface area contributed by atoms with Gasteiger partial charge >= 0.3 is 0 Å². The van der Waals surface area contributed by atoms with Gasteiger partial charge in [0.25, 0.3) is 0 Å². The molecule has 1 heterocycles. The number of hydrogen-bond donors (Lipinski definition) is 0. The quantitative estimate of drug-likeness (QED) is 0.718. The molecular formula is C13H25NO2. The number of Topliss-reactive ketones (excluding diaryl/α,β-unsaturated/α-hetero) is 1. The van der Waals surface area contributed by atoms with E-state index in [1.165, 1.54) is 6.42 Å². The fraction of sp³-hybridized carbons (Fsp3) is 0.692. The average molecular weight is 227 g/mol. The number of carbonyl (C=O) groups excluding carboxylic acids is 1. The average Bonchev–Trinajstić information content (AvgIpc) is 2.69. The lowest BCUT2D eigenvalue weighted by Gasteiger charge is -1.92. The summed E-state index contributed by atoms with van der Waals surface area (Å²) < 4.78 is 4.78. The first kappa shape index (κ1) is 17.3. The van der Waals surface area contributed by atoms with E-state index in [1.807, 2.05) is 27.7 Å². The first-order valence-electron chi connectivity index (χ1n) is 6.11. The molecule has 0 N–H and O–H groups in total. The second kappa shape index (κ2) is 12.0. The third kappa shape index (κ3) is 7.21. The molecule has 0 aliphatic rings. The van der Waals surface area contributed by atoms with Gasteiger partial charge in [-0.15, -0.1) is 0 Å². The van der Waals surface area contributed by atoms with E-state index < -0.39 is 0 Å². The number of ketones is 1. The van der Waals surface area contributed by atoms with Crippen LogP contribution < -0.4 is 0 Å². The Morgan fingerprint density at radius 1 is 1.31 bits per heavy atom. The molecule has 3 heteroatoms. The Labute approximate surface area is 99.2 Å². The van der Waals surface area contributed by atoms with Gasteiger partial charge in [-0.3, -0.25) is 4.79 Å². The molecule has 0 spiro atoms. The maximum absolute atomic E-state index is 11.2. The molecule has 0 unspecified atom stereocenters. The number of nitrogens with zero attached hydrogens (tertiary/aromatic N) is 1. The molecule has 1 aromatic heterocycles. The highest BCUT2D eigenvalue weighted by molar-refractivity contribution is 5.94. The van der Waals surface area contributed by atoms with Gasteiger partial charge in [-0.05, 0) is 13.3 Å². The highest BCUT2D eigenvalue weighted by Crippen LogP contribution is 2.09. The predicted molar refractivity (Wildman–Crippen MR) is 67.8 cm³/mol. The van der Waals surface area contributed by atoms with Crippen molar-refractivity contribution in [2.45, 2.75) is 60.8 Å². The van der Waals surface area contributed by atoms with Gasteiger partial charge in [0.2, 0.25) is 11.5 Å². The summed E-state index contributed by atoms with van der Waals surface area (Å²) in [6.45, 7) is 12.0. The van der Waals surface area contributed by atoms with Crippen molar-refractivity contribution in [1.82, 2.24) is 5.16 Å². The van der Waals surface area contributed by atoms with Crippen molar-refractivity contribution in [2.24, 2.45) is 0 Å². The van der Waals surface area contributed by atoms with Crippen molar-refractivity contribution in [1.29, 1.82) is 0 Å². The molecule has 1 aromatic rings. The highest BCUT2D eigenvalue weighted by atomic mass is 16.5. The lowest BCUT2D eigenvalue weighted by atomic mass is 10.1. The Morgan fingerprint density at radius 3 is 2.12 bits per heavy atom. The van der Waals surface area contributed by atoms with E-state index in [0.29, 0.717) is 12.2 Å². The summed E-state index contributed by atoms with van der Waals surface area (Å²) in [5, 5.41) is 3.53. The lowest BCUT2D eigenvalue weighted by molar-refractivity contribution is 0.0945. The fourth-order valence-electron chi connectivity index (χ4n) is 0.900. The SMILES string of the molecule is CC.CCC.CCCC(=O)c1oncc1C. The van der Waals surface area contributed by atoms with Crippen LogP contribution in [0.25, 0.3) is 0 Å². The zero-order valence-corrected chi connectivity index (χ0v) is 11.5. The number of aromatic nitrogens is 1. The van der Waals surface area contributed by atoms with Crippen LogP contribution in [0.15, 0.2) is 10.7 Å². The number of aryl methyl sites for hydroxylation is 1. The Hall–Kier alpha value is -1.12. The van der Waals surface area contributed by atoms with Crippen molar-refractivity contribution >= 4 is 5.78 Å². The van der Waals surface area contributed by atoms with E-state index in [1.54, 1.807) is 6.20 Å². The number of hydrogen-bond acceptors (Lipinski definition) is 3. The summed E-state index contributed by atoms with van der Waals surface area (Å²) in [6.07, 6.45) is 4.19. The van der Waals surface area contributed by atoms with Gasteiger partial charge in [0, 0.05) is 12.0 Å². The highest BCUT2D eigenvalue weighted by Gasteiger charge is 2.11. The summed E-state index contributed by atoms with van der Waals surface area (Å²) in [4.78, 5) is 11.2. The molecule has 1 rings (SSSR count). The van der Waals surface area contributed by atoms with Crippen molar-refractivity contribution in [3.05, 3.63) is 17.5 Å². The van der Waals surface area contributed by atoms with Crippen LogP contribution in [-0.2, 0) is 0 Å². The second-order valence-corrected chi connectivity index (χ2v) is 3.22. The van der Waals surface area contributed by atoms with Crippen LogP contribution in [0.2, 0.25) is 0 Å². The van der Waals surface area contributed by atoms with E-state index in [2.05, 4.69) is 19.0 Å². The maximum atomic E-state index is 11.2. The first-order chi connectivity index (χ1) is 7.67. The van der Waals surface area contributed by atoms with Crippen LogP contribution in [0, 0.1) is 6.92 Å². The topological polar surface area (TPSA) is 43.1 Å². The van der Waals surface area contributed by atoms with Crippen molar-refractivity contribution in [2.75, 3.05) is 0 Å². The Bertz CT molecular complexity index is 267. The van der Waals surface area contributed by atoms with Crippen LogP contribution in [0.3, 0.4) is 0 Å². The van der Waals surface area contributed by atoms with Gasteiger partial charge in [0.15, 0.2) is 0 Å². The van der Waals surface area contributed by atoms with Crippen molar-refractivity contribution < 1.29 is 9.32 Å². The zero-order chi connectivity index (χ0) is 13.0. The van der Waals surface area contributed by atoms with Gasteiger partial charge < -0.3 is 4.52 Å². The monoisotopic (exact) mass is 227 g/mol. The molecule has 0 bridgehead atoms. The van der Waals surface area contributed by atoms with E-state index >= 15 is 0 Å². The van der Waals surface area contributed by atoms with Gasteiger partial charge in [0.05, 0.1) is 6.20 Å². The molecular weight excluding hydrogens is 202 g/mol. The molecule has 0 aliphatic heterocycles. The Balaban J connectivity index is 0. The molecule has 3 nitrogen and oxygen atoms in total. The van der Waals surface area contributed by atoms with Crippen molar-refractivity contribution in [3.63, 3.8) is 0 Å². The Kier molecular flexibility index (Phi) is 12.9. The smallest absolute Gasteiger partial charge is 0.205 e. The number of rotatable bonds is 3. The minimum absolute atomic E-state index is 0.0440. The molecule has 0 aromatic carbocycles. The van der Waals surface area contributed by atoms with Gasteiger partial charge in [0.1, 0.15) is 0 Å². The summed E-state index contributed by atoms with van der Waals surface area (Å²) in [5.41, 5.74) is 0.823. The van der Waals surface area contributed by atoms with Crippen LogP contribution in [0.1, 0.15) is 70.0 Å². The lowest BCUT2D eigenvalue weighted by Crippen LogP contribution is -1.97. The molecule has 0 aliphatic carbocycles.